The van der Waals surface area contributed by atoms with Crippen LogP contribution < -0.4 is 16.2 Å². The van der Waals surface area contributed by atoms with Crippen LogP contribution in [0.15, 0.2) is 53.3 Å². The first kappa shape index (κ1) is 22.8. The van der Waals surface area contributed by atoms with E-state index in [1.165, 1.54) is 19.1 Å². The van der Waals surface area contributed by atoms with Crippen molar-refractivity contribution >= 4 is 23.2 Å². The lowest BCUT2D eigenvalue weighted by molar-refractivity contribution is -0.119. The first-order chi connectivity index (χ1) is 15.2. The Hall–Kier alpha value is -3.88. The third-order valence-electron chi connectivity index (χ3n) is 4.89. The number of hydrogen-bond acceptors (Lipinski definition) is 4. The van der Waals surface area contributed by atoms with Gasteiger partial charge in [-0.2, -0.15) is 5.10 Å². The Morgan fingerprint density at radius 2 is 1.78 bits per heavy atom. The van der Waals surface area contributed by atoms with Gasteiger partial charge in [-0.1, -0.05) is 19.1 Å². The number of aryl methyl sites for hydroxylation is 1. The van der Waals surface area contributed by atoms with Crippen molar-refractivity contribution < 1.29 is 18.4 Å². The molecule has 0 fully saturated rings. The predicted molar refractivity (Wildman–Crippen MR) is 117 cm³/mol. The number of carbonyl (C=O) groups is 2. The van der Waals surface area contributed by atoms with Gasteiger partial charge in [0.05, 0.1) is 11.4 Å². The molecule has 1 atom stereocenters. The second-order valence-corrected chi connectivity index (χ2v) is 7.22. The number of carbonyl (C=O) groups excluding carboxylic acids is 2. The number of aromatic nitrogens is 2. The van der Waals surface area contributed by atoms with E-state index in [2.05, 4.69) is 15.7 Å². The first-order valence-electron chi connectivity index (χ1n) is 9.96. The molecule has 0 saturated heterocycles. The molecule has 1 aromatic heterocycles. The van der Waals surface area contributed by atoms with E-state index in [9.17, 15) is 23.2 Å². The monoisotopic (exact) mass is 440 g/mol. The molecule has 166 valence electrons. The molecule has 0 bridgehead atoms. The molecule has 0 spiro atoms. The Labute approximate surface area is 183 Å². The maximum Gasteiger partial charge on any atom is 0.267 e. The molecule has 9 heteroatoms. The van der Waals surface area contributed by atoms with Crippen molar-refractivity contribution in [3.05, 3.63) is 76.1 Å². The highest BCUT2D eigenvalue weighted by Crippen LogP contribution is 2.24. The summed E-state index contributed by atoms with van der Waals surface area (Å²) in [5, 5.41) is 9.37. The fourth-order valence-electron chi connectivity index (χ4n) is 2.95. The van der Waals surface area contributed by atoms with Gasteiger partial charge < -0.3 is 10.6 Å². The number of amides is 2. The molecule has 1 heterocycles. The average Bonchev–Trinajstić information content (AvgIpc) is 2.77. The van der Waals surface area contributed by atoms with Gasteiger partial charge in [-0.05, 0) is 43.7 Å². The Morgan fingerprint density at radius 1 is 1.03 bits per heavy atom. The van der Waals surface area contributed by atoms with E-state index in [0.717, 1.165) is 28.4 Å². The largest absolute Gasteiger partial charge is 0.326 e. The molecule has 3 aromatic rings. The zero-order valence-electron chi connectivity index (χ0n) is 17.8. The number of rotatable bonds is 6. The van der Waals surface area contributed by atoms with Gasteiger partial charge >= 0.3 is 0 Å². The summed E-state index contributed by atoms with van der Waals surface area (Å²) in [5.74, 6) is -2.39. The molecule has 0 aliphatic heterocycles. The molecule has 0 unspecified atom stereocenters. The number of anilines is 2. The molecule has 0 radical (unpaired) electrons. The highest BCUT2D eigenvalue weighted by Gasteiger charge is 2.20. The highest BCUT2D eigenvalue weighted by molar-refractivity contribution is 5.93. The Kier molecular flexibility index (Phi) is 6.77. The molecule has 3 rings (SSSR count). The third kappa shape index (κ3) is 5.05. The van der Waals surface area contributed by atoms with Crippen molar-refractivity contribution in [1.82, 2.24) is 9.78 Å². The second-order valence-electron chi connectivity index (χ2n) is 7.22. The quantitative estimate of drug-likeness (QED) is 0.605. The lowest BCUT2D eigenvalue weighted by Crippen LogP contribution is -2.33. The minimum Gasteiger partial charge on any atom is -0.326 e. The van der Waals surface area contributed by atoms with Crippen LogP contribution in [0.1, 0.15) is 31.9 Å². The number of benzene rings is 2. The first-order valence-corrected chi connectivity index (χ1v) is 9.96. The third-order valence-corrected chi connectivity index (χ3v) is 4.89. The van der Waals surface area contributed by atoms with Crippen LogP contribution in [-0.2, 0) is 9.59 Å². The zero-order valence-corrected chi connectivity index (χ0v) is 17.8. The molecular weight excluding hydrogens is 418 g/mol. The number of hydrogen-bond donors (Lipinski definition) is 2. The number of nitrogens with zero attached hydrogens (tertiary/aromatic N) is 2. The minimum absolute atomic E-state index is 0.141. The van der Waals surface area contributed by atoms with Crippen molar-refractivity contribution in [2.24, 2.45) is 0 Å². The van der Waals surface area contributed by atoms with Crippen LogP contribution in [0, 0.1) is 18.6 Å². The molecule has 0 aliphatic carbocycles. The lowest BCUT2D eigenvalue weighted by atomic mass is 10.1. The van der Waals surface area contributed by atoms with Gasteiger partial charge in [0.2, 0.25) is 11.8 Å². The molecule has 32 heavy (non-hydrogen) atoms. The summed E-state index contributed by atoms with van der Waals surface area (Å²) in [6.07, 6.45) is 0.325. The van der Waals surface area contributed by atoms with E-state index in [1.54, 1.807) is 25.1 Å². The molecule has 0 saturated carbocycles. The van der Waals surface area contributed by atoms with E-state index in [0.29, 0.717) is 23.4 Å². The number of halogens is 2. The van der Waals surface area contributed by atoms with E-state index >= 15 is 0 Å². The Bertz CT molecular complexity index is 1240. The van der Waals surface area contributed by atoms with E-state index in [-0.39, 0.29) is 11.6 Å². The average molecular weight is 440 g/mol. The van der Waals surface area contributed by atoms with Crippen LogP contribution in [0.2, 0.25) is 0 Å². The van der Waals surface area contributed by atoms with Crippen molar-refractivity contribution in [2.75, 3.05) is 10.6 Å². The second kappa shape index (κ2) is 9.51. The van der Waals surface area contributed by atoms with Crippen molar-refractivity contribution in [3.8, 4) is 11.3 Å². The van der Waals surface area contributed by atoms with Crippen molar-refractivity contribution in [2.45, 2.75) is 33.2 Å². The normalized spacial score (nSPS) is 11.7. The van der Waals surface area contributed by atoms with Crippen LogP contribution in [0.4, 0.5) is 20.2 Å². The summed E-state index contributed by atoms with van der Waals surface area (Å²) < 4.78 is 28.2. The topological polar surface area (TPSA) is 93.1 Å². The van der Waals surface area contributed by atoms with Gasteiger partial charge in [0.1, 0.15) is 17.7 Å². The van der Waals surface area contributed by atoms with Gasteiger partial charge in [-0.15, -0.1) is 0 Å². The highest BCUT2D eigenvalue weighted by atomic mass is 19.1. The van der Waals surface area contributed by atoms with Gasteiger partial charge in [0.15, 0.2) is 0 Å². The summed E-state index contributed by atoms with van der Waals surface area (Å²) in [5.41, 5.74) is 1.62. The predicted octanol–water partition coefficient (Wildman–Crippen LogP) is 4.05. The molecule has 0 aliphatic rings. The van der Waals surface area contributed by atoms with Gasteiger partial charge in [-0.3, -0.25) is 14.4 Å². The smallest absolute Gasteiger partial charge is 0.267 e. The van der Waals surface area contributed by atoms with E-state index < -0.39 is 29.1 Å². The van der Waals surface area contributed by atoms with E-state index in [4.69, 9.17) is 0 Å². The maximum absolute atomic E-state index is 13.9. The van der Waals surface area contributed by atoms with Crippen molar-refractivity contribution in [3.63, 3.8) is 0 Å². The van der Waals surface area contributed by atoms with Gasteiger partial charge in [0.25, 0.3) is 5.56 Å². The summed E-state index contributed by atoms with van der Waals surface area (Å²) in [6.45, 7) is 5.02. The van der Waals surface area contributed by atoms with Crippen molar-refractivity contribution in [1.29, 1.82) is 0 Å². The maximum atomic E-state index is 13.9. The fraction of sp³-hybridized carbons (Fsp3) is 0.217. The summed E-state index contributed by atoms with van der Waals surface area (Å²) in [6, 6.07) is 9.66. The van der Waals surface area contributed by atoms with Gasteiger partial charge in [0, 0.05) is 29.8 Å². The minimum atomic E-state index is -1.10. The standard InChI is InChI=1S/C23H22F2N4O3/c1-4-21(30)26-19-11-15(6-5-13(19)2)18-9-10-22(31)29(28-18)14(3)23(32)27-20-12-16(24)7-8-17(20)25/h5-12,14H,4H2,1-3H3,(H,26,30)(H,27,32)/t14-/m1/s1. The van der Waals surface area contributed by atoms with Crippen LogP contribution in [0.5, 0.6) is 0 Å². The summed E-state index contributed by atoms with van der Waals surface area (Å²) >= 11 is 0. The molecule has 2 N–H and O–H groups in total. The van der Waals surface area contributed by atoms with Crippen LogP contribution in [0.25, 0.3) is 11.3 Å². The summed E-state index contributed by atoms with van der Waals surface area (Å²) in [4.78, 5) is 36.7. The molecule has 2 amide bonds. The van der Waals surface area contributed by atoms with Crippen LogP contribution in [-0.4, -0.2) is 21.6 Å². The summed E-state index contributed by atoms with van der Waals surface area (Å²) in [7, 11) is 0. The van der Waals surface area contributed by atoms with Crippen LogP contribution in [0.3, 0.4) is 0 Å². The lowest BCUT2D eigenvalue weighted by Gasteiger charge is -2.16. The Morgan fingerprint density at radius 3 is 2.50 bits per heavy atom. The molecular formula is C23H22F2N4O3. The van der Waals surface area contributed by atoms with Crippen LogP contribution >= 0.6 is 0 Å². The fourth-order valence-corrected chi connectivity index (χ4v) is 2.95. The molecule has 2 aromatic carbocycles. The molecule has 7 nitrogen and oxygen atoms in total. The Balaban J connectivity index is 1.91. The van der Waals surface area contributed by atoms with E-state index in [1.807, 2.05) is 6.92 Å². The van der Waals surface area contributed by atoms with Gasteiger partial charge in [-0.25, -0.2) is 13.5 Å². The SMILES string of the molecule is CCC(=O)Nc1cc(-c2ccc(=O)n([C@H](C)C(=O)Nc3cc(F)ccc3F)n2)ccc1C. The number of nitrogens with one attached hydrogen (secondary N) is 2. The zero-order chi connectivity index (χ0) is 23.4.